The SMILES string of the molecule is C#CC(=C/S)/N=C(/C)I. The van der Waals surface area contributed by atoms with E-state index in [-0.39, 0.29) is 0 Å². The minimum Gasteiger partial charge on any atom is -0.238 e. The molecule has 0 aliphatic rings. The van der Waals surface area contributed by atoms with Gasteiger partial charge in [-0.1, -0.05) is 0 Å². The normalized spacial score (nSPS) is 13.1. The maximum Gasteiger partial charge on any atom is 0.119 e. The van der Waals surface area contributed by atoms with Crippen LogP contribution in [0.3, 0.4) is 0 Å². The first-order valence-corrected chi connectivity index (χ1v) is 3.82. The summed E-state index contributed by atoms with van der Waals surface area (Å²) in [4.78, 5) is 3.97. The molecule has 0 heterocycles. The van der Waals surface area contributed by atoms with E-state index in [9.17, 15) is 0 Å². The lowest BCUT2D eigenvalue weighted by atomic mass is 10.5. The minimum atomic E-state index is 0.560. The summed E-state index contributed by atoms with van der Waals surface area (Å²) in [5.74, 6) is 2.38. The van der Waals surface area contributed by atoms with E-state index < -0.39 is 0 Å². The van der Waals surface area contributed by atoms with E-state index in [1.165, 1.54) is 5.41 Å². The minimum absolute atomic E-state index is 0.560. The summed E-state index contributed by atoms with van der Waals surface area (Å²) in [6.07, 6.45) is 5.05. The second-order valence-corrected chi connectivity index (χ2v) is 3.09. The topological polar surface area (TPSA) is 12.4 Å². The lowest BCUT2D eigenvalue weighted by Gasteiger charge is -1.86. The molecule has 0 bridgehead atoms. The van der Waals surface area contributed by atoms with E-state index in [0.717, 1.165) is 3.72 Å². The van der Waals surface area contributed by atoms with Crippen molar-refractivity contribution in [3.63, 3.8) is 0 Å². The second-order valence-electron chi connectivity index (χ2n) is 1.27. The Bertz CT molecular complexity index is 184. The van der Waals surface area contributed by atoms with Gasteiger partial charge in [-0.25, -0.2) is 4.99 Å². The van der Waals surface area contributed by atoms with Crippen LogP contribution >= 0.6 is 35.2 Å². The Morgan fingerprint density at radius 1 is 1.89 bits per heavy atom. The van der Waals surface area contributed by atoms with Gasteiger partial charge in [0, 0.05) is 5.41 Å². The fourth-order valence-corrected chi connectivity index (χ4v) is 0.657. The lowest BCUT2D eigenvalue weighted by Crippen LogP contribution is -1.75. The zero-order valence-electron chi connectivity index (χ0n) is 4.93. The zero-order chi connectivity index (χ0) is 7.28. The van der Waals surface area contributed by atoms with Crippen LogP contribution < -0.4 is 0 Å². The number of nitrogens with zero attached hydrogens (tertiary/aromatic N) is 1. The molecule has 0 unspecified atom stereocenters. The van der Waals surface area contributed by atoms with Gasteiger partial charge in [0.1, 0.15) is 5.70 Å². The van der Waals surface area contributed by atoms with Crippen LogP contribution in [-0.4, -0.2) is 3.72 Å². The highest BCUT2D eigenvalue weighted by Crippen LogP contribution is 2.00. The Morgan fingerprint density at radius 2 is 2.44 bits per heavy atom. The van der Waals surface area contributed by atoms with Gasteiger partial charge in [-0.15, -0.1) is 19.1 Å². The van der Waals surface area contributed by atoms with Gasteiger partial charge in [-0.2, -0.15) is 0 Å². The van der Waals surface area contributed by atoms with Gasteiger partial charge in [0.05, 0.1) is 3.72 Å². The molecule has 9 heavy (non-hydrogen) atoms. The number of allylic oxidation sites excluding steroid dienone is 1. The van der Waals surface area contributed by atoms with E-state index in [1.807, 2.05) is 6.92 Å². The van der Waals surface area contributed by atoms with Crippen molar-refractivity contribution < 1.29 is 0 Å². The van der Waals surface area contributed by atoms with Crippen molar-refractivity contribution in [3.8, 4) is 12.3 Å². The first kappa shape index (κ1) is 9.05. The maximum absolute atomic E-state index is 5.05. The molecule has 0 radical (unpaired) electrons. The number of terminal acetylenes is 1. The van der Waals surface area contributed by atoms with E-state index >= 15 is 0 Å². The van der Waals surface area contributed by atoms with Crippen molar-refractivity contribution in [2.24, 2.45) is 4.99 Å². The summed E-state index contributed by atoms with van der Waals surface area (Å²) in [5.41, 5.74) is 0.560. The fourth-order valence-electron chi connectivity index (χ4n) is 0.264. The molecule has 0 amide bonds. The number of halogens is 1. The van der Waals surface area contributed by atoms with Crippen LogP contribution in [-0.2, 0) is 0 Å². The lowest BCUT2D eigenvalue weighted by molar-refractivity contribution is 1.48. The summed E-state index contributed by atoms with van der Waals surface area (Å²) in [6.45, 7) is 1.87. The molecule has 0 saturated carbocycles. The van der Waals surface area contributed by atoms with Crippen molar-refractivity contribution in [3.05, 3.63) is 11.1 Å². The molecule has 0 atom stereocenters. The number of hydrogen-bond acceptors (Lipinski definition) is 2. The fraction of sp³-hybridized carbons (Fsp3) is 0.167. The van der Waals surface area contributed by atoms with Crippen molar-refractivity contribution in [2.45, 2.75) is 6.92 Å². The molecule has 0 aromatic carbocycles. The van der Waals surface area contributed by atoms with E-state index in [0.29, 0.717) is 5.70 Å². The zero-order valence-corrected chi connectivity index (χ0v) is 7.98. The molecule has 3 heteroatoms. The highest BCUT2D eigenvalue weighted by atomic mass is 127. The second kappa shape index (κ2) is 4.89. The first-order valence-electron chi connectivity index (χ1n) is 2.22. The Morgan fingerprint density at radius 3 is 2.56 bits per heavy atom. The van der Waals surface area contributed by atoms with Gasteiger partial charge in [0.25, 0.3) is 0 Å². The van der Waals surface area contributed by atoms with Crippen LogP contribution in [0.5, 0.6) is 0 Å². The standard InChI is InChI=1S/C6H6INS/c1-3-6(4-9)8-5(2)7/h1,4,9H,2H3/b6-4-,8-5-. The van der Waals surface area contributed by atoms with Crippen molar-refractivity contribution in [1.82, 2.24) is 0 Å². The first-order chi connectivity index (χ1) is 4.20. The molecule has 1 nitrogen and oxygen atoms in total. The van der Waals surface area contributed by atoms with Crippen LogP contribution in [0.1, 0.15) is 6.92 Å². The molecule has 0 saturated heterocycles. The molecule has 0 aromatic rings. The predicted octanol–water partition coefficient (Wildman–Crippen LogP) is 2.24. The van der Waals surface area contributed by atoms with Gasteiger partial charge in [0.2, 0.25) is 0 Å². The molecular formula is C6H6INS. The van der Waals surface area contributed by atoms with Gasteiger partial charge in [0.15, 0.2) is 0 Å². The van der Waals surface area contributed by atoms with Crippen LogP contribution in [0.15, 0.2) is 16.1 Å². The van der Waals surface area contributed by atoms with Crippen molar-refractivity contribution in [2.75, 3.05) is 0 Å². The Labute approximate surface area is 74.2 Å². The Hall–Kier alpha value is 0.0500. The molecule has 0 aliphatic heterocycles. The molecule has 0 rings (SSSR count). The van der Waals surface area contributed by atoms with Gasteiger partial charge in [-0.05, 0) is 35.4 Å². The van der Waals surface area contributed by atoms with Crippen molar-refractivity contribution >= 4 is 38.9 Å². The molecule has 0 aromatic heterocycles. The summed E-state index contributed by atoms with van der Waals surface area (Å²) in [7, 11) is 0. The quantitative estimate of drug-likeness (QED) is 0.317. The number of rotatable bonds is 1. The Kier molecular flexibility index (Phi) is 4.91. The van der Waals surface area contributed by atoms with Gasteiger partial charge in [-0.3, -0.25) is 0 Å². The van der Waals surface area contributed by atoms with Gasteiger partial charge < -0.3 is 0 Å². The van der Waals surface area contributed by atoms with Crippen LogP contribution in [0, 0.1) is 12.3 Å². The van der Waals surface area contributed by atoms with Crippen LogP contribution in [0.2, 0.25) is 0 Å². The summed E-state index contributed by atoms with van der Waals surface area (Å²) < 4.78 is 0.908. The van der Waals surface area contributed by atoms with E-state index in [2.05, 4.69) is 46.1 Å². The van der Waals surface area contributed by atoms with Gasteiger partial charge >= 0.3 is 0 Å². The average Bonchev–Trinajstić information content (AvgIpc) is 1.82. The maximum atomic E-state index is 5.05. The number of aliphatic imine (C=N–C) groups is 1. The predicted molar refractivity (Wildman–Crippen MR) is 53.0 cm³/mol. The van der Waals surface area contributed by atoms with Crippen LogP contribution in [0.25, 0.3) is 0 Å². The summed E-state index contributed by atoms with van der Waals surface area (Å²) in [5, 5.41) is 1.50. The molecule has 0 aliphatic carbocycles. The highest BCUT2D eigenvalue weighted by Gasteiger charge is 1.84. The van der Waals surface area contributed by atoms with E-state index in [1.54, 1.807) is 0 Å². The Balaban J connectivity index is 4.24. The smallest absolute Gasteiger partial charge is 0.119 e. The molecular weight excluding hydrogens is 245 g/mol. The van der Waals surface area contributed by atoms with Crippen LogP contribution in [0.4, 0.5) is 0 Å². The van der Waals surface area contributed by atoms with Crippen molar-refractivity contribution in [1.29, 1.82) is 0 Å². The summed E-state index contributed by atoms with van der Waals surface area (Å²) >= 11 is 5.94. The molecule has 48 valence electrons. The largest absolute Gasteiger partial charge is 0.238 e. The van der Waals surface area contributed by atoms with E-state index in [4.69, 9.17) is 6.42 Å². The molecule has 0 spiro atoms. The highest BCUT2D eigenvalue weighted by molar-refractivity contribution is 14.1. The monoisotopic (exact) mass is 251 g/mol. The third kappa shape index (κ3) is 4.55. The number of thiol groups is 1. The average molecular weight is 251 g/mol. The third-order valence-electron chi connectivity index (χ3n) is 0.545. The third-order valence-corrected chi connectivity index (χ3v) is 1.03. The molecule has 0 fully saturated rings. The molecule has 0 N–H and O–H groups in total. The summed E-state index contributed by atoms with van der Waals surface area (Å²) in [6, 6.07) is 0. The number of hydrogen-bond donors (Lipinski definition) is 1.